The SMILES string of the molecule is CC(C)c1ncc(Cl)c(-c2nc(C3CNCCN3C)no2)n1. The van der Waals surface area contributed by atoms with E-state index in [4.69, 9.17) is 16.1 Å². The lowest BCUT2D eigenvalue weighted by Gasteiger charge is -2.30. The van der Waals surface area contributed by atoms with Crippen molar-refractivity contribution in [2.75, 3.05) is 26.7 Å². The van der Waals surface area contributed by atoms with E-state index in [0.717, 1.165) is 19.6 Å². The summed E-state index contributed by atoms with van der Waals surface area (Å²) in [5.74, 6) is 1.89. The van der Waals surface area contributed by atoms with Gasteiger partial charge in [-0.3, -0.25) is 4.90 Å². The van der Waals surface area contributed by atoms with Gasteiger partial charge >= 0.3 is 0 Å². The van der Waals surface area contributed by atoms with Crippen molar-refractivity contribution in [3.05, 3.63) is 22.9 Å². The molecule has 1 N–H and O–H groups in total. The molecule has 22 heavy (non-hydrogen) atoms. The second-order valence-corrected chi connectivity index (χ2v) is 6.14. The van der Waals surface area contributed by atoms with Gasteiger partial charge in [0.1, 0.15) is 5.82 Å². The first-order valence-electron chi connectivity index (χ1n) is 7.33. The molecule has 0 radical (unpaired) electrons. The lowest BCUT2D eigenvalue weighted by molar-refractivity contribution is 0.190. The molecule has 1 aliphatic rings. The van der Waals surface area contributed by atoms with Gasteiger partial charge in [0.15, 0.2) is 11.5 Å². The summed E-state index contributed by atoms with van der Waals surface area (Å²) in [6, 6.07) is 0.0939. The van der Waals surface area contributed by atoms with E-state index in [1.165, 1.54) is 0 Å². The molecular formula is C14H19ClN6O. The number of hydrogen-bond acceptors (Lipinski definition) is 7. The van der Waals surface area contributed by atoms with Crippen LogP contribution in [-0.4, -0.2) is 51.7 Å². The number of likely N-dealkylation sites (N-methyl/N-ethyl adjacent to an activating group) is 1. The van der Waals surface area contributed by atoms with E-state index in [1.807, 2.05) is 13.8 Å². The number of halogens is 1. The largest absolute Gasteiger partial charge is 0.332 e. The Morgan fingerprint density at radius 3 is 2.95 bits per heavy atom. The Hall–Kier alpha value is -1.57. The Morgan fingerprint density at radius 2 is 2.23 bits per heavy atom. The summed E-state index contributed by atoms with van der Waals surface area (Å²) in [6.07, 6.45) is 1.58. The van der Waals surface area contributed by atoms with Crippen LogP contribution in [0.25, 0.3) is 11.6 Å². The lowest BCUT2D eigenvalue weighted by Crippen LogP contribution is -2.44. The van der Waals surface area contributed by atoms with E-state index in [-0.39, 0.29) is 12.0 Å². The molecular weight excluding hydrogens is 304 g/mol. The summed E-state index contributed by atoms with van der Waals surface area (Å²) in [4.78, 5) is 15.4. The number of nitrogens with zero attached hydrogens (tertiary/aromatic N) is 5. The average molecular weight is 323 g/mol. The lowest BCUT2D eigenvalue weighted by atomic mass is 10.2. The van der Waals surface area contributed by atoms with E-state index in [9.17, 15) is 0 Å². The maximum Gasteiger partial charge on any atom is 0.278 e. The van der Waals surface area contributed by atoms with Crippen LogP contribution >= 0.6 is 11.6 Å². The topological polar surface area (TPSA) is 80.0 Å². The second-order valence-electron chi connectivity index (χ2n) is 5.74. The van der Waals surface area contributed by atoms with Crippen molar-refractivity contribution in [3.63, 3.8) is 0 Å². The fourth-order valence-electron chi connectivity index (χ4n) is 2.37. The molecule has 3 heterocycles. The van der Waals surface area contributed by atoms with E-state index >= 15 is 0 Å². The summed E-state index contributed by atoms with van der Waals surface area (Å²) < 4.78 is 5.38. The van der Waals surface area contributed by atoms with E-state index in [2.05, 4.69) is 37.4 Å². The van der Waals surface area contributed by atoms with Crippen LogP contribution in [0.1, 0.15) is 37.5 Å². The number of hydrogen-bond donors (Lipinski definition) is 1. The molecule has 8 heteroatoms. The van der Waals surface area contributed by atoms with Gasteiger partial charge in [-0.2, -0.15) is 4.98 Å². The normalized spacial score (nSPS) is 19.8. The van der Waals surface area contributed by atoms with Crippen LogP contribution in [0.5, 0.6) is 0 Å². The van der Waals surface area contributed by atoms with Crippen molar-refractivity contribution in [2.24, 2.45) is 0 Å². The standard InChI is InChI=1S/C14H19ClN6O/c1-8(2)12-17-6-9(15)11(18-12)14-19-13(20-22-14)10-7-16-4-5-21(10)3/h6,8,10,16H,4-5,7H2,1-3H3. The molecule has 0 spiro atoms. The van der Waals surface area contributed by atoms with Crippen molar-refractivity contribution in [1.82, 2.24) is 30.3 Å². The first-order valence-corrected chi connectivity index (χ1v) is 7.71. The van der Waals surface area contributed by atoms with Gasteiger partial charge in [-0.25, -0.2) is 9.97 Å². The smallest absolute Gasteiger partial charge is 0.278 e. The van der Waals surface area contributed by atoms with Crippen molar-refractivity contribution in [3.8, 4) is 11.6 Å². The third-order valence-corrected chi connectivity index (χ3v) is 4.01. The third kappa shape index (κ3) is 2.97. The zero-order valence-corrected chi connectivity index (χ0v) is 13.6. The zero-order valence-electron chi connectivity index (χ0n) is 12.9. The summed E-state index contributed by atoms with van der Waals surface area (Å²) in [5.41, 5.74) is 0.491. The van der Waals surface area contributed by atoms with Gasteiger partial charge in [0.25, 0.3) is 5.89 Å². The molecule has 2 aromatic rings. The Bertz CT molecular complexity index is 659. The maximum atomic E-state index is 6.18. The second kappa shape index (κ2) is 6.28. The Labute approximate surface area is 134 Å². The molecule has 1 aliphatic heterocycles. The number of rotatable bonds is 3. The first-order chi connectivity index (χ1) is 10.6. The minimum atomic E-state index is 0.0939. The van der Waals surface area contributed by atoms with Crippen LogP contribution in [0.15, 0.2) is 10.7 Å². The Morgan fingerprint density at radius 1 is 1.41 bits per heavy atom. The highest BCUT2D eigenvalue weighted by Crippen LogP contribution is 2.27. The van der Waals surface area contributed by atoms with E-state index in [0.29, 0.717) is 28.3 Å². The molecule has 0 bridgehead atoms. The van der Waals surface area contributed by atoms with Crippen LogP contribution in [0.4, 0.5) is 0 Å². The predicted octanol–water partition coefficient (Wildman–Crippen LogP) is 1.88. The molecule has 1 saturated heterocycles. The molecule has 0 amide bonds. The highest BCUT2D eigenvalue weighted by atomic mass is 35.5. The van der Waals surface area contributed by atoms with Crippen molar-refractivity contribution in [1.29, 1.82) is 0 Å². The van der Waals surface area contributed by atoms with Crippen LogP contribution < -0.4 is 5.32 Å². The number of nitrogens with one attached hydrogen (secondary N) is 1. The fraction of sp³-hybridized carbons (Fsp3) is 0.571. The van der Waals surface area contributed by atoms with Gasteiger partial charge in [-0.1, -0.05) is 30.6 Å². The molecule has 1 fully saturated rings. The molecule has 0 saturated carbocycles. The summed E-state index contributed by atoms with van der Waals surface area (Å²) >= 11 is 6.18. The predicted molar refractivity (Wildman–Crippen MR) is 82.7 cm³/mol. The molecule has 0 aromatic carbocycles. The summed E-state index contributed by atoms with van der Waals surface area (Å²) in [7, 11) is 2.05. The van der Waals surface area contributed by atoms with Crippen molar-refractivity contribution < 1.29 is 4.52 Å². The van der Waals surface area contributed by atoms with Crippen molar-refractivity contribution >= 4 is 11.6 Å². The van der Waals surface area contributed by atoms with E-state index in [1.54, 1.807) is 6.20 Å². The van der Waals surface area contributed by atoms with Gasteiger partial charge in [-0.05, 0) is 7.05 Å². The van der Waals surface area contributed by atoms with Gasteiger partial charge in [0, 0.05) is 25.6 Å². The minimum Gasteiger partial charge on any atom is -0.332 e. The van der Waals surface area contributed by atoms with Gasteiger partial charge < -0.3 is 9.84 Å². The van der Waals surface area contributed by atoms with Gasteiger partial charge in [-0.15, -0.1) is 0 Å². The monoisotopic (exact) mass is 322 g/mol. The highest BCUT2D eigenvalue weighted by molar-refractivity contribution is 6.32. The molecule has 0 aliphatic carbocycles. The Kier molecular flexibility index (Phi) is 4.37. The highest BCUT2D eigenvalue weighted by Gasteiger charge is 2.26. The summed E-state index contributed by atoms with van der Waals surface area (Å²) in [5, 5.41) is 7.84. The molecule has 2 aromatic heterocycles. The van der Waals surface area contributed by atoms with Crippen molar-refractivity contribution in [2.45, 2.75) is 25.8 Å². The first kappa shape index (κ1) is 15.3. The van der Waals surface area contributed by atoms with Crippen LogP contribution in [-0.2, 0) is 0 Å². The maximum absolute atomic E-state index is 6.18. The molecule has 3 rings (SSSR count). The molecule has 1 unspecified atom stereocenters. The fourth-order valence-corrected chi connectivity index (χ4v) is 2.54. The number of aromatic nitrogens is 4. The molecule has 1 atom stereocenters. The minimum absolute atomic E-state index is 0.0939. The van der Waals surface area contributed by atoms with Gasteiger partial charge in [0.2, 0.25) is 0 Å². The average Bonchev–Trinajstić information content (AvgIpc) is 2.97. The number of piperazine rings is 1. The summed E-state index contributed by atoms with van der Waals surface area (Å²) in [6.45, 7) is 6.75. The molecule has 7 nitrogen and oxygen atoms in total. The van der Waals surface area contributed by atoms with E-state index < -0.39 is 0 Å². The quantitative estimate of drug-likeness (QED) is 0.924. The molecule has 118 valence electrons. The van der Waals surface area contributed by atoms with Crippen LogP contribution in [0, 0.1) is 0 Å². The zero-order chi connectivity index (χ0) is 15.7. The van der Waals surface area contributed by atoms with Crippen LogP contribution in [0.3, 0.4) is 0 Å². The Balaban J connectivity index is 1.92. The van der Waals surface area contributed by atoms with Crippen LogP contribution in [0.2, 0.25) is 5.02 Å². The third-order valence-electron chi connectivity index (χ3n) is 3.73. The van der Waals surface area contributed by atoms with Gasteiger partial charge in [0.05, 0.1) is 17.3 Å².